The van der Waals surface area contributed by atoms with Crippen molar-refractivity contribution in [3.63, 3.8) is 0 Å². The van der Waals surface area contributed by atoms with Gasteiger partial charge in [-0.25, -0.2) is 0 Å². The Kier molecular flexibility index (Phi) is 6.01. The fourth-order valence-corrected chi connectivity index (χ4v) is 3.17. The molecule has 1 fully saturated rings. The Bertz CT molecular complexity index is 803. The number of nitrogens with zero attached hydrogens (tertiary/aromatic N) is 1. The molecule has 3 rings (SSSR count). The van der Waals surface area contributed by atoms with Crippen LogP contribution in [0.4, 0.5) is 5.69 Å². The van der Waals surface area contributed by atoms with Gasteiger partial charge < -0.3 is 15.0 Å². The molecule has 2 aromatic rings. The van der Waals surface area contributed by atoms with Gasteiger partial charge in [-0.2, -0.15) is 0 Å². The number of nitrogens with one attached hydrogen (secondary N) is 1. The van der Waals surface area contributed by atoms with E-state index in [1.165, 1.54) is 5.56 Å². The summed E-state index contributed by atoms with van der Waals surface area (Å²) in [6.45, 7) is 4.61. The van der Waals surface area contributed by atoms with Crippen molar-refractivity contribution in [2.45, 2.75) is 32.2 Å². The lowest BCUT2D eigenvalue weighted by Gasteiger charge is -2.17. The third kappa shape index (κ3) is 5.01. The number of hydrogen-bond acceptors (Lipinski definition) is 3. The summed E-state index contributed by atoms with van der Waals surface area (Å²) >= 11 is 5.89. The number of halogens is 1. The minimum Gasteiger partial charge on any atom is -0.484 e. The molecule has 1 heterocycles. The summed E-state index contributed by atoms with van der Waals surface area (Å²) in [5, 5.41) is 3.49. The van der Waals surface area contributed by atoms with Gasteiger partial charge in [-0.15, -0.1) is 0 Å². The van der Waals surface area contributed by atoms with Crippen molar-refractivity contribution in [2.24, 2.45) is 0 Å². The smallest absolute Gasteiger partial charge is 0.258 e. The van der Waals surface area contributed by atoms with Gasteiger partial charge in [-0.3, -0.25) is 9.59 Å². The molecule has 6 heteroatoms. The molecule has 2 aromatic carbocycles. The summed E-state index contributed by atoms with van der Waals surface area (Å²) in [4.78, 5) is 26.0. The monoisotopic (exact) mass is 386 g/mol. The summed E-state index contributed by atoms with van der Waals surface area (Å²) in [5.41, 5.74) is 2.00. The van der Waals surface area contributed by atoms with Crippen LogP contribution in [0.5, 0.6) is 5.75 Å². The minimum atomic E-state index is -0.237. The lowest BCUT2D eigenvalue weighted by Crippen LogP contribution is -2.39. The molecule has 1 N–H and O–H groups in total. The Morgan fingerprint density at radius 1 is 1.19 bits per heavy atom. The van der Waals surface area contributed by atoms with Gasteiger partial charge in [0.05, 0.1) is 6.04 Å². The van der Waals surface area contributed by atoms with Crippen molar-refractivity contribution in [1.82, 2.24) is 5.32 Å². The second kappa shape index (κ2) is 8.44. The van der Waals surface area contributed by atoms with Gasteiger partial charge in [-0.1, -0.05) is 37.6 Å². The van der Waals surface area contributed by atoms with Crippen LogP contribution in [0, 0.1) is 0 Å². The van der Waals surface area contributed by atoms with Crippen LogP contribution in [0.1, 0.15) is 31.7 Å². The summed E-state index contributed by atoms with van der Waals surface area (Å²) < 4.78 is 5.54. The molecule has 0 bridgehead atoms. The van der Waals surface area contributed by atoms with Crippen LogP contribution in [0.2, 0.25) is 5.02 Å². The summed E-state index contributed by atoms with van der Waals surface area (Å²) in [5.74, 6) is 0.845. The van der Waals surface area contributed by atoms with Gasteiger partial charge in [0.1, 0.15) is 5.75 Å². The first-order valence-electron chi connectivity index (χ1n) is 9.00. The quantitative estimate of drug-likeness (QED) is 0.822. The molecule has 0 saturated carbocycles. The number of benzene rings is 2. The number of carbonyl (C=O) groups excluding carboxylic acids is 2. The van der Waals surface area contributed by atoms with E-state index in [0.29, 0.717) is 23.2 Å². The van der Waals surface area contributed by atoms with E-state index in [1.807, 2.05) is 24.3 Å². The van der Waals surface area contributed by atoms with E-state index in [4.69, 9.17) is 16.3 Å². The first-order chi connectivity index (χ1) is 12.9. The molecule has 2 amide bonds. The summed E-state index contributed by atoms with van der Waals surface area (Å²) in [6, 6.07) is 14.6. The molecule has 1 atom stereocenters. The highest BCUT2D eigenvalue weighted by atomic mass is 35.5. The summed E-state index contributed by atoms with van der Waals surface area (Å²) in [6.07, 6.45) is 0.275. The van der Waals surface area contributed by atoms with E-state index in [0.717, 1.165) is 5.69 Å². The molecule has 142 valence electrons. The third-order valence-corrected chi connectivity index (χ3v) is 4.80. The molecule has 27 heavy (non-hydrogen) atoms. The number of hydrogen-bond donors (Lipinski definition) is 1. The maximum absolute atomic E-state index is 12.2. The second-order valence-electron chi connectivity index (χ2n) is 6.96. The van der Waals surface area contributed by atoms with Gasteiger partial charge in [-0.05, 0) is 47.9 Å². The van der Waals surface area contributed by atoms with Crippen LogP contribution in [-0.2, 0) is 9.59 Å². The second-order valence-corrected chi connectivity index (χ2v) is 7.40. The number of anilines is 1. The first kappa shape index (κ1) is 19.2. The molecular formula is C21H23ClN2O3. The number of ether oxygens (including phenoxy) is 1. The number of rotatable bonds is 6. The lowest BCUT2D eigenvalue weighted by atomic mass is 10.0. The van der Waals surface area contributed by atoms with Gasteiger partial charge in [0.25, 0.3) is 5.91 Å². The molecule has 0 aromatic heterocycles. The molecule has 0 aliphatic carbocycles. The zero-order valence-electron chi connectivity index (χ0n) is 15.4. The van der Waals surface area contributed by atoms with Crippen LogP contribution < -0.4 is 15.0 Å². The van der Waals surface area contributed by atoms with Crippen molar-refractivity contribution in [2.75, 3.05) is 18.1 Å². The minimum absolute atomic E-state index is 0.0205. The molecule has 1 aliphatic heterocycles. The Morgan fingerprint density at radius 3 is 2.48 bits per heavy atom. The maximum Gasteiger partial charge on any atom is 0.258 e. The maximum atomic E-state index is 12.2. The van der Waals surface area contributed by atoms with Gasteiger partial charge in [0.15, 0.2) is 6.61 Å². The standard InChI is InChI=1S/C21H23ClN2O3/c1-14(2)15-3-9-19(10-4-15)27-13-20(25)23-17-11-21(26)24(12-17)18-7-5-16(22)6-8-18/h3-10,14,17H,11-13H2,1-2H3,(H,23,25)/t17-/m0/s1. The van der Waals surface area contributed by atoms with E-state index in [1.54, 1.807) is 29.2 Å². The van der Waals surface area contributed by atoms with E-state index in [2.05, 4.69) is 19.2 Å². The van der Waals surface area contributed by atoms with Crippen molar-refractivity contribution < 1.29 is 14.3 Å². The highest BCUT2D eigenvalue weighted by molar-refractivity contribution is 6.30. The van der Waals surface area contributed by atoms with E-state index >= 15 is 0 Å². The highest BCUT2D eigenvalue weighted by Crippen LogP contribution is 2.23. The molecular weight excluding hydrogens is 364 g/mol. The van der Waals surface area contributed by atoms with Crippen LogP contribution in [-0.4, -0.2) is 31.0 Å². The topological polar surface area (TPSA) is 58.6 Å². The van der Waals surface area contributed by atoms with E-state index in [9.17, 15) is 9.59 Å². The van der Waals surface area contributed by atoms with Gasteiger partial charge in [0.2, 0.25) is 5.91 Å². The number of carbonyl (C=O) groups is 2. The summed E-state index contributed by atoms with van der Waals surface area (Å²) in [7, 11) is 0. The first-order valence-corrected chi connectivity index (χ1v) is 9.38. The van der Waals surface area contributed by atoms with Gasteiger partial charge >= 0.3 is 0 Å². The van der Waals surface area contributed by atoms with Crippen molar-refractivity contribution in [3.05, 3.63) is 59.1 Å². The SMILES string of the molecule is CC(C)c1ccc(OCC(=O)N[C@H]2CC(=O)N(c3ccc(Cl)cc3)C2)cc1. The normalized spacial score (nSPS) is 16.7. The Hall–Kier alpha value is -2.53. The molecule has 0 unspecified atom stereocenters. The van der Waals surface area contributed by atoms with Gasteiger partial charge in [0, 0.05) is 23.7 Å². The fourth-order valence-electron chi connectivity index (χ4n) is 3.04. The molecule has 1 aliphatic rings. The van der Waals surface area contributed by atoms with E-state index < -0.39 is 0 Å². The van der Waals surface area contributed by atoms with Crippen molar-refractivity contribution >= 4 is 29.1 Å². The van der Waals surface area contributed by atoms with Crippen LogP contribution in [0.15, 0.2) is 48.5 Å². The average Bonchev–Trinajstić information content (AvgIpc) is 3.01. The van der Waals surface area contributed by atoms with Crippen molar-refractivity contribution in [1.29, 1.82) is 0 Å². The lowest BCUT2D eigenvalue weighted by molar-refractivity contribution is -0.123. The molecule has 0 spiro atoms. The largest absolute Gasteiger partial charge is 0.484 e. The average molecular weight is 387 g/mol. The Morgan fingerprint density at radius 2 is 1.85 bits per heavy atom. The van der Waals surface area contributed by atoms with E-state index in [-0.39, 0.29) is 30.9 Å². The van der Waals surface area contributed by atoms with Crippen LogP contribution in [0.25, 0.3) is 0 Å². The Balaban J connectivity index is 1.49. The van der Waals surface area contributed by atoms with Crippen LogP contribution >= 0.6 is 11.6 Å². The zero-order valence-corrected chi connectivity index (χ0v) is 16.2. The molecule has 0 radical (unpaired) electrons. The van der Waals surface area contributed by atoms with Crippen LogP contribution in [0.3, 0.4) is 0 Å². The molecule has 1 saturated heterocycles. The highest BCUT2D eigenvalue weighted by Gasteiger charge is 2.31. The van der Waals surface area contributed by atoms with Crippen molar-refractivity contribution in [3.8, 4) is 5.75 Å². The Labute approximate surface area is 164 Å². The zero-order chi connectivity index (χ0) is 19.4. The predicted molar refractivity (Wildman–Crippen MR) is 106 cm³/mol. The predicted octanol–water partition coefficient (Wildman–Crippen LogP) is 3.76. The fraction of sp³-hybridized carbons (Fsp3) is 0.333. The number of amides is 2. The molecule has 5 nitrogen and oxygen atoms in total. The third-order valence-electron chi connectivity index (χ3n) is 4.55.